The summed E-state index contributed by atoms with van der Waals surface area (Å²) in [5, 5.41) is 41.1. The molecule has 0 saturated carbocycles. The number of nitrogens with one attached hydrogen (secondary N) is 4. The van der Waals surface area contributed by atoms with Gasteiger partial charge in [-0.3, -0.25) is 24.2 Å². The largest absolute Gasteiger partial charge is 0.454 e. The zero-order valence-electron chi connectivity index (χ0n) is 39.9. The van der Waals surface area contributed by atoms with Gasteiger partial charge >= 0.3 is 0 Å². The molecule has 17 heteroatoms. The van der Waals surface area contributed by atoms with Crippen LogP contribution >= 0.6 is 0 Å². The molecule has 3 aromatic heterocycles. The second-order valence-corrected chi connectivity index (χ2v) is 17.1. The summed E-state index contributed by atoms with van der Waals surface area (Å²) in [5.41, 5.74) is 6.02. The molecule has 4 amide bonds. The Kier molecular flexibility index (Phi) is 16.8. The van der Waals surface area contributed by atoms with Gasteiger partial charge in [-0.15, -0.1) is 0 Å². The maximum absolute atomic E-state index is 13.5. The van der Waals surface area contributed by atoms with Gasteiger partial charge in [0.25, 0.3) is 23.6 Å². The lowest BCUT2D eigenvalue weighted by molar-refractivity contribution is -0.131. The molecule has 73 heavy (non-hydrogen) atoms. The third kappa shape index (κ3) is 13.1. The molecule has 6 N–H and O–H groups in total. The number of benzene rings is 5. The van der Waals surface area contributed by atoms with Crippen LogP contribution in [0.3, 0.4) is 0 Å². The fraction of sp³-hybridized carbons (Fsp3) is 0.196. The molecule has 0 saturated heterocycles. The molecule has 0 aliphatic carbocycles. The van der Waals surface area contributed by atoms with E-state index in [2.05, 4.69) is 36.6 Å². The van der Waals surface area contributed by atoms with Crippen molar-refractivity contribution in [2.75, 3.05) is 6.79 Å². The van der Waals surface area contributed by atoms with Crippen LogP contribution in [-0.2, 0) is 35.5 Å². The van der Waals surface area contributed by atoms with E-state index in [4.69, 9.17) is 18.5 Å². The van der Waals surface area contributed by atoms with Gasteiger partial charge in [0.15, 0.2) is 35.2 Å². The van der Waals surface area contributed by atoms with Crippen LogP contribution in [0.5, 0.6) is 11.5 Å². The number of ether oxygens (including phenoxy) is 2. The van der Waals surface area contributed by atoms with Gasteiger partial charge in [-0.05, 0) is 67.1 Å². The third-order valence-corrected chi connectivity index (χ3v) is 11.9. The second-order valence-electron chi connectivity index (χ2n) is 17.1. The van der Waals surface area contributed by atoms with Crippen molar-refractivity contribution in [2.45, 2.75) is 64.1 Å². The van der Waals surface area contributed by atoms with Crippen LogP contribution < -0.4 is 30.7 Å². The van der Waals surface area contributed by atoms with Crippen LogP contribution in [0, 0.1) is 13.8 Å². The van der Waals surface area contributed by atoms with Crippen molar-refractivity contribution < 1.29 is 47.9 Å². The van der Waals surface area contributed by atoms with Gasteiger partial charge < -0.3 is 50.0 Å². The van der Waals surface area contributed by atoms with Gasteiger partial charge in [-0.25, -0.2) is 0 Å². The fourth-order valence-corrected chi connectivity index (χ4v) is 8.05. The van der Waals surface area contributed by atoms with Crippen LogP contribution in [0.4, 0.5) is 0 Å². The van der Waals surface area contributed by atoms with E-state index in [0.29, 0.717) is 45.5 Å². The maximum atomic E-state index is 13.5. The van der Waals surface area contributed by atoms with Crippen LogP contribution in [-0.4, -0.2) is 80.2 Å². The quantitative estimate of drug-likeness (QED) is 0.0542. The lowest BCUT2D eigenvalue weighted by Crippen LogP contribution is -2.51. The van der Waals surface area contributed by atoms with Crippen molar-refractivity contribution in [3.8, 4) is 34.1 Å². The molecule has 8 aromatic rings. The zero-order chi connectivity index (χ0) is 51.1. The summed E-state index contributed by atoms with van der Waals surface area (Å²) in [7, 11) is 0. The Morgan fingerprint density at radius 3 is 1.44 bits per heavy atom. The number of aliphatic hydroxyl groups is 2. The van der Waals surface area contributed by atoms with E-state index in [1.165, 1.54) is 0 Å². The van der Waals surface area contributed by atoms with Crippen molar-refractivity contribution in [3.05, 3.63) is 209 Å². The number of carbonyl (C=O) groups is 4. The number of hydrogen-bond acceptors (Lipinski definition) is 13. The highest BCUT2D eigenvalue weighted by Crippen LogP contribution is 2.33. The minimum Gasteiger partial charge on any atom is -0.454 e. The summed E-state index contributed by atoms with van der Waals surface area (Å²) in [5.74, 6) is -0.298. The summed E-state index contributed by atoms with van der Waals surface area (Å²) in [4.78, 5) is 56.7. The number of aromatic nitrogens is 3. The minimum absolute atomic E-state index is 0.155. The molecule has 5 aromatic carbocycles. The van der Waals surface area contributed by atoms with E-state index < -0.39 is 47.9 Å². The first kappa shape index (κ1) is 50.5. The second kappa shape index (κ2) is 24.3. The van der Waals surface area contributed by atoms with E-state index in [-0.39, 0.29) is 43.9 Å². The molecule has 1 aliphatic heterocycles. The number of carbonyl (C=O) groups excluding carboxylic acids is 4. The number of fused-ring (bicyclic) bond motifs is 1. The van der Waals surface area contributed by atoms with Gasteiger partial charge in [-0.1, -0.05) is 144 Å². The molecular weight excluding hydrogens is 931 g/mol. The Hall–Kier alpha value is -8.93. The van der Waals surface area contributed by atoms with E-state index >= 15 is 0 Å². The fourth-order valence-electron chi connectivity index (χ4n) is 8.05. The van der Waals surface area contributed by atoms with Crippen molar-refractivity contribution in [3.63, 3.8) is 0 Å². The Balaban J connectivity index is 0.000000196. The van der Waals surface area contributed by atoms with Crippen LogP contribution in [0.2, 0.25) is 0 Å². The molecule has 4 heterocycles. The molecule has 4 atom stereocenters. The average molecular weight is 984 g/mol. The lowest BCUT2D eigenvalue weighted by Gasteiger charge is -2.24. The van der Waals surface area contributed by atoms with Gasteiger partial charge in [0.05, 0.1) is 23.5 Å². The number of pyridine rings is 1. The third-order valence-electron chi connectivity index (χ3n) is 11.9. The summed E-state index contributed by atoms with van der Waals surface area (Å²) >= 11 is 0. The summed E-state index contributed by atoms with van der Waals surface area (Å²) < 4.78 is 21.6. The van der Waals surface area contributed by atoms with Crippen molar-refractivity contribution in [1.82, 2.24) is 36.6 Å². The molecule has 372 valence electrons. The topological polar surface area (TPSA) is 240 Å². The lowest BCUT2D eigenvalue weighted by atomic mass is 9.99. The van der Waals surface area contributed by atoms with Gasteiger partial charge in [-0.2, -0.15) is 0 Å². The highest BCUT2D eigenvalue weighted by atomic mass is 16.7. The predicted molar refractivity (Wildman–Crippen MR) is 269 cm³/mol. The van der Waals surface area contributed by atoms with Crippen LogP contribution in [0.1, 0.15) is 54.4 Å². The molecule has 0 bridgehead atoms. The van der Waals surface area contributed by atoms with Gasteiger partial charge in [0, 0.05) is 36.6 Å². The predicted octanol–water partition coefficient (Wildman–Crippen LogP) is 6.46. The van der Waals surface area contributed by atoms with Crippen LogP contribution in [0.15, 0.2) is 173 Å². The van der Waals surface area contributed by atoms with Gasteiger partial charge in [0.2, 0.25) is 6.79 Å². The first-order valence-electron chi connectivity index (χ1n) is 23.4. The van der Waals surface area contributed by atoms with Gasteiger partial charge in [0.1, 0.15) is 11.1 Å². The standard InChI is InChI=1S/C29H27N3O6.C27H26N4O4/c1-18-25(27(38-32-18)21-10-6-3-7-11-21)28(34)31-22(14-19-8-4-2-5-9-19)26(33)29(35)30-16-20-12-13-23-24(15-20)37-17-36-23;1-18-23(25(35-31-18)21-12-6-3-7-13-21)26(33)30-22(15-19-9-4-2-5-10-19)24(32)27(34)29-17-20-11-8-14-28-16-20/h2-13,15,22,26,33H,14,16-17H2,1H3,(H,30,35)(H,31,34);2-14,16,22,24,32H,15,17H2,1H3,(H,29,34)(H,30,33)/t22-,26?;22-,24?/m00/s1. The Morgan fingerprint density at radius 2 is 0.973 bits per heavy atom. The van der Waals surface area contributed by atoms with Crippen molar-refractivity contribution in [2.24, 2.45) is 0 Å². The number of rotatable bonds is 18. The molecule has 2 unspecified atom stereocenters. The maximum Gasteiger partial charge on any atom is 0.257 e. The van der Waals surface area contributed by atoms with E-state index in [1.807, 2.05) is 133 Å². The molecule has 9 rings (SSSR count). The van der Waals surface area contributed by atoms with E-state index in [0.717, 1.165) is 22.3 Å². The summed E-state index contributed by atoms with van der Waals surface area (Å²) in [6, 6.07) is 44.2. The first-order valence-corrected chi connectivity index (χ1v) is 23.4. The highest BCUT2D eigenvalue weighted by molar-refractivity contribution is 6.02. The summed E-state index contributed by atoms with van der Waals surface area (Å²) in [6.07, 6.45) is 0.747. The molecule has 0 radical (unpaired) electrons. The Labute approximate surface area is 420 Å². The molecule has 0 fully saturated rings. The molecule has 0 spiro atoms. The number of aliphatic hydroxyl groups excluding tert-OH is 2. The monoisotopic (exact) mass is 983 g/mol. The van der Waals surface area contributed by atoms with Crippen molar-refractivity contribution >= 4 is 23.6 Å². The number of hydrogen-bond donors (Lipinski definition) is 6. The van der Waals surface area contributed by atoms with Crippen molar-refractivity contribution in [1.29, 1.82) is 0 Å². The zero-order valence-corrected chi connectivity index (χ0v) is 39.9. The average Bonchev–Trinajstić information content (AvgIpc) is 4.18. The normalized spacial score (nSPS) is 13.0. The van der Waals surface area contributed by atoms with E-state index in [9.17, 15) is 29.4 Å². The number of aryl methyl sites for hydroxylation is 2. The first-order chi connectivity index (χ1) is 35.5. The molecule has 17 nitrogen and oxygen atoms in total. The Bertz CT molecular complexity index is 3100. The minimum atomic E-state index is -1.52. The SMILES string of the molecule is Cc1noc(-c2ccccc2)c1C(=O)N[C@@H](Cc1ccccc1)C(O)C(=O)NCc1ccc2c(c1)OCO2.Cc1noc(-c2ccccc2)c1C(=O)N[C@@H](Cc1ccccc1)C(O)C(=O)NCc1cccnc1. The Morgan fingerprint density at radius 1 is 0.534 bits per heavy atom. The summed E-state index contributed by atoms with van der Waals surface area (Å²) in [6.45, 7) is 3.88. The smallest absolute Gasteiger partial charge is 0.257 e. The molecular formula is C56H53N7O10. The number of nitrogens with zero attached hydrogens (tertiary/aromatic N) is 3. The number of amides is 4. The molecule has 1 aliphatic rings. The highest BCUT2D eigenvalue weighted by Gasteiger charge is 2.33. The van der Waals surface area contributed by atoms with Crippen LogP contribution in [0.25, 0.3) is 22.6 Å². The van der Waals surface area contributed by atoms with E-state index in [1.54, 1.807) is 44.4 Å².